The standard InChI is InChI=1S/C14H19NO/c1-2-15-14(11-7-6-10-13(14)16)12-8-4-3-5-9-12/h3-5,8-9,15H,2,6-7,10-11H2,1H3/t14-/m0/s1. The average molecular weight is 217 g/mol. The summed E-state index contributed by atoms with van der Waals surface area (Å²) in [5.41, 5.74) is 0.718. The van der Waals surface area contributed by atoms with Gasteiger partial charge in [-0.05, 0) is 24.9 Å². The maximum absolute atomic E-state index is 12.2. The van der Waals surface area contributed by atoms with Crippen molar-refractivity contribution in [3.05, 3.63) is 35.9 Å². The average Bonchev–Trinajstić information content (AvgIpc) is 2.34. The summed E-state index contributed by atoms with van der Waals surface area (Å²) < 4.78 is 0. The lowest BCUT2D eigenvalue weighted by Crippen LogP contribution is -2.50. The molecule has 1 aromatic carbocycles. The highest BCUT2D eigenvalue weighted by atomic mass is 16.1. The van der Waals surface area contributed by atoms with Crippen molar-refractivity contribution in [1.29, 1.82) is 0 Å². The van der Waals surface area contributed by atoms with Crippen LogP contribution in [0.5, 0.6) is 0 Å². The van der Waals surface area contributed by atoms with E-state index in [2.05, 4.69) is 24.4 Å². The maximum atomic E-state index is 12.2. The smallest absolute Gasteiger partial charge is 0.157 e. The molecule has 0 aromatic heterocycles. The molecular weight excluding hydrogens is 198 g/mol. The van der Waals surface area contributed by atoms with Crippen molar-refractivity contribution in [2.45, 2.75) is 38.1 Å². The molecule has 86 valence electrons. The predicted octanol–water partition coefficient (Wildman–Crippen LogP) is 2.63. The van der Waals surface area contributed by atoms with Crippen molar-refractivity contribution in [2.75, 3.05) is 6.54 Å². The Morgan fingerprint density at radius 3 is 2.62 bits per heavy atom. The van der Waals surface area contributed by atoms with E-state index in [0.29, 0.717) is 12.2 Å². The van der Waals surface area contributed by atoms with Crippen molar-refractivity contribution >= 4 is 5.78 Å². The lowest BCUT2D eigenvalue weighted by molar-refractivity contribution is -0.128. The number of Topliss-reactive ketones (excluding diaryl/α,β-unsaturated/α-hetero) is 1. The van der Waals surface area contributed by atoms with Gasteiger partial charge in [0, 0.05) is 6.42 Å². The molecule has 2 heteroatoms. The Kier molecular flexibility index (Phi) is 3.39. The largest absolute Gasteiger partial charge is 0.302 e. The van der Waals surface area contributed by atoms with E-state index in [1.807, 2.05) is 18.2 Å². The topological polar surface area (TPSA) is 29.1 Å². The van der Waals surface area contributed by atoms with Crippen molar-refractivity contribution < 1.29 is 4.79 Å². The van der Waals surface area contributed by atoms with Crippen LogP contribution in [-0.4, -0.2) is 12.3 Å². The summed E-state index contributed by atoms with van der Waals surface area (Å²) in [6.07, 6.45) is 3.82. The fourth-order valence-electron chi connectivity index (χ4n) is 2.65. The van der Waals surface area contributed by atoms with E-state index in [4.69, 9.17) is 0 Å². The lowest BCUT2D eigenvalue weighted by Gasteiger charge is -2.37. The summed E-state index contributed by atoms with van der Waals surface area (Å²) in [6.45, 7) is 2.90. The van der Waals surface area contributed by atoms with Gasteiger partial charge in [-0.1, -0.05) is 43.7 Å². The van der Waals surface area contributed by atoms with E-state index < -0.39 is 5.54 Å². The molecule has 1 aliphatic carbocycles. The number of carbonyl (C=O) groups excluding carboxylic acids is 1. The van der Waals surface area contributed by atoms with E-state index in [1.165, 1.54) is 0 Å². The van der Waals surface area contributed by atoms with Crippen LogP contribution in [-0.2, 0) is 10.3 Å². The fourth-order valence-corrected chi connectivity index (χ4v) is 2.65. The van der Waals surface area contributed by atoms with Crippen LogP contribution in [0, 0.1) is 0 Å². The second-order valence-electron chi connectivity index (χ2n) is 4.43. The molecule has 1 N–H and O–H groups in total. The summed E-state index contributed by atoms with van der Waals surface area (Å²) in [6, 6.07) is 10.1. The highest BCUT2D eigenvalue weighted by molar-refractivity contribution is 5.90. The normalized spacial score (nSPS) is 25.7. The third-order valence-corrected chi connectivity index (χ3v) is 3.43. The second kappa shape index (κ2) is 4.79. The second-order valence-corrected chi connectivity index (χ2v) is 4.43. The van der Waals surface area contributed by atoms with E-state index in [-0.39, 0.29) is 0 Å². The number of carbonyl (C=O) groups is 1. The Labute approximate surface area is 97.1 Å². The molecule has 1 fully saturated rings. The van der Waals surface area contributed by atoms with Crippen molar-refractivity contribution in [2.24, 2.45) is 0 Å². The molecule has 2 nitrogen and oxygen atoms in total. The summed E-state index contributed by atoms with van der Waals surface area (Å²) >= 11 is 0. The first-order chi connectivity index (χ1) is 7.79. The van der Waals surface area contributed by atoms with Crippen LogP contribution in [0.15, 0.2) is 30.3 Å². The van der Waals surface area contributed by atoms with Gasteiger partial charge in [0.2, 0.25) is 0 Å². The van der Waals surface area contributed by atoms with Gasteiger partial charge in [0.05, 0.1) is 0 Å². The van der Waals surface area contributed by atoms with Gasteiger partial charge in [0.1, 0.15) is 5.54 Å². The number of ketones is 1. The van der Waals surface area contributed by atoms with Crippen LogP contribution < -0.4 is 5.32 Å². The van der Waals surface area contributed by atoms with E-state index in [1.54, 1.807) is 0 Å². The zero-order valence-electron chi connectivity index (χ0n) is 9.83. The molecule has 1 atom stereocenters. The molecule has 1 saturated carbocycles. The van der Waals surface area contributed by atoms with Gasteiger partial charge in [-0.2, -0.15) is 0 Å². The summed E-state index contributed by atoms with van der Waals surface area (Å²) in [7, 11) is 0. The summed E-state index contributed by atoms with van der Waals surface area (Å²) in [5.74, 6) is 0.354. The number of hydrogen-bond donors (Lipinski definition) is 1. The van der Waals surface area contributed by atoms with Gasteiger partial charge in [0.15, 0.2) is 5.78 Å². The van der Waals surface area contributed by atoms with Crippen molar-refractivity contribution in [3.63, 3.8) is 0 Å². The van der Waals surface area contributed by atoms with Gasteiger partial charge >= 0.3 is 0 Å². The molecule has 16 heavy (non-hydrogen) atoms. The Morgan fingerprint density at radius 1 is 1.25 bits per heavy atom. The molecule has 1 aromatic rings. The monoisotopic (exact) mass is 217 g/mol. The third kappa shape index (κ3) is 1.90. The van der Waals surface area contributed by atoms with E-state index in [9.17, 15) is 4.79 Å². The highest BCUT2D eigenvalue weighted by Crippen LogP contribution is 2.34. The molecule has 0 saturated heterocycles. The molecule has 0 unspecified atom stereocenters. The first kappa shape index (κ1) is 11.3. The first-order valence-corrected chi connectivity index (χ1v) is 6.13. The Morgan fingerprint density at radius 2 is 2.00 bits per heavy atom. The van der Waals surface area contributed by atoms with Crippen LogP contribution in [0.3, 0.4) is 0 Å². The predicted molar refractivity (Wildman–Crippen MR) is 65.3 cm³/mol. The Balaban J connectivity index is 2.38. The molecule has 0 amide bonds. The van der Waals surface area contributed by atoms with E-state index in [0.717, 1.165) is 31.4 Å². The molecule has 0 aliphatic heterocycles. The van der Waals surface area contributed by atoms with Crippen molar-refractivity contribution in [1.82, 2.24) is 5.32 Å². The molecule has 0 spiro atoms. The Hall–Kier alpha value is -1.15. The SMILES string of the molecule is CCN[C@]1(c2ccccc2)CCCCC1=O. The van der Waals surface area contributed by atoms with Crippen LogP contribution in [0.25, 0.3) is 0 Å². The number of hydrogen-bond acceptors (Lipinski definition) is 2. The minimum Gasteiger partial charge on any atom is -0.302 e. The van der Waals surface area contributed by atoms with Crippen LogP contribution >= 0.6 is 0 Å². The summed E-state index contributed by atoms with van der Waals surface area (Å²) in [4.78, 5) is 12.2. The zero-order valence-corrected chi connectivity index (χ0v) is 9.83. The first-order valence-electron chi connectivity index (χ1n) is 6.13. The minimum absolute atomic E-state index is 0.354. The molecular formula is C14H19NO. The number of rotatable bonds is 3. The fraction of sp³-hybridized carbons (Fsp3) is 0.500. The van der Waals surface area contributed by atoms with Gasteiger partial charge in [-0.25, -0.2) is 0 Å². The lowest BCUT2D eigenvalue weighted by atomic mass is 9.75. The number of likely N-dealkylation sites (N-methyl/N-ethyl adjacent to an activating group) is 1. The van der Waals surface area contributed by atoms with Gasteiger partial charge in [0.25, 0.3) is 0 Å². The molecule has 0 radical (unpaired) electrons. The van der Waals surface area contributed by atoms with Gasteiger partial charge < -0.3 is 5.32 Å². The van der Waals surface area contributed by atoms with Crippen LogP contribution in [0.4, 0.5) is 0 Å². The maximum Gasteiger partial charge on any atom is 0.157 e. The van der Waals surface area contributed by atoms with E-state index >= 15 is 0 Å². The van der Waals surface area contributed by atoms with Crippen molar-refractivity contribution in [3.8, 4) is 0 Å². The molecule has 2 rings (SSSR count). The Bertz CT molecular complexity index is 356. The molecule has 0 heterocycles. The minimum atomic E-state index is -0.408. The number of benzene rings is 1. The highest BCUT2D eigenvalue weighted by Gasteiger charge is 2.40. The molecule has 1 aliphatic rings. The zero-order chi connectivity index (χ0) is 11.4. The van der Waals surface area contributed by atoms with Crippen LogP contribution in [0.2, 0.25) is 0 Å². The van der Waals surface area contributed by atoms with Gasteiger partial charge in [-0.15, -0.1) is 0 Å². The summed E-state index contributed by atoms with van der Waals surface area (Å²) in [5, 5.41) is 3.41. The third-order valence-electron chi connectivity index (χ3n) is 3.43. The quantitative estimate of drug-likeness (QED) is 0.843. The van der Waals surface area contributed by atoms with Gasteiger partial charge in [-0.3, -0.25) is 4.79 Å². The van der Waals surface area contributed by atoms with Crippen LogP contribution in [0.1, 0.15) is 38.2 Å². The molecule has 0 bridgehead atoms. The number of nitrogens with one attached hydrogen (secondary N) is 1.